The number of likely N-dealkylation sites (N-methyl/N-ethyl adjacent to an activating group) is 1. The maximum Gasteiger partial charge on any atom is 0.406 e. The Morgan fingerprint density at radius 3 is 2.16 bits per heavy atom. The van der Waals surface area contributed by atoms with Gasteiger partial charge in [-0.05, 0) is 55.6 Å². The molecule has 2 aliphatic rings. The monoisotopic (exact) mass is 606 g/mol. The van der Waals surface area contributed by atoms with Crippen LogP contribution in [0, 0.1) is 0 Å². The van der Waals surface area contributed by atoms with Gasteiger partial charge in [-0.15, -0.1) is 0 Å². The summed E-state index contributed by atoms with van der Waals surface area (Å²) in [5, 5.41) is 12.0. The Hall–Kier alpha value is -4.96. The first-order valence-corrected chi connectivity index (χ1v) is 15.4. The molecule has 1 saturated heterocycles. The second-order valence-corrected chi connectivity index (χ2v) is 11.8. The normalized spacial score (nSPS) is 18.9. The highest BCUT2D eigenvalue weighted by molar-refractivity contribution is 5.89. The van der Waals surface area contributed by atoms with Gasteiger partial charge in [0.15, 0.2) is 0 Å². The average molecular weight is 607 g/mol. The molecule has 10 nitrogen and oxygen atoms in total. The second-order valence-electron chi connectivity index (χ2n) is 11.8. The summed E-state index contributed by atoms with van der Waals surface area (Å²) >= 11 is 0. The average Bonchev–Trinajstić information content (AvgIpc) is 3.81. The van der Waals surface area contributed by atoms with E-state index in [2.05, 4.69) is 116 Å². The molecular formula is C35H38N6O4. The fourth-order valence-electron chi connectivity index (χ4n) is 7.43. The molecule has 3 N–H and O–H groups in total. The van der Waals surface area contributed by atoms with Gasteiger partial charge < -0.3 is 34.6 Å². The minimum Gasteiger partial charge on any atom is -0.453 e. The highest BCUT2D eigenvalue weighted by atomic mass is 16.5. The van der Waals surface area contributed by atoms with Crippen molar-refractivity contribution in [2.75, 3.05) is 46.2 Å². The number of ether oxygens (including phenoxy) is 2. The molecule has 0 aliphatic carbocycles. The van der Waals surface area contributed by atoms with Crippen LogP contribution in [0.1, 0.15) is 23.1 Å². The van der Waals surface area contributed by atoms with Gasteiger partial charge in [0, 0.05) is 53.9 Å². The molecule has 232 valence electrons. The lowest BCUT2D eigenvalue weighted by molar-refractivity contribution is 0.170. The third kappa shape index (κ3) is 4.67. The minimum absolute atomic E-state index is 0.0519. The Balaban J connectivity index is 1.33. The Morgan fingerprint density at radius 2 is 1.47 bits per heavy atom. The van der Waals surface area contributed by atoms with E-state index in [0.29, 0.717) is 25.9 Å². The summed E-state index contributed by atoms with van der Waals surface area (Å²) in [6, 6.07) is 23.6. The van der Waals surface area contributed by atoms with Crippen LogP contribution >= 0.6 is 0 Å². The molecule has 4 heterocycles. The molecule has 10 heteroatoms. The molecule has 7 rings (SSSR count). The number of carbonyl (C=O) groups is 2. The van der Waals surface area contributed by atoms with Crippen LogP contribution < -0.4 is 16.0 Å². The van der Waals surface area contributed by atoms with Crippen LogP contribution in [0.2, 0.25) is 0 Å². The van der Waals surface area contributed by atoms with Gasteiger partial charge >= 0.3 is 12.2 Å². The van der Waals surface area contributed by atoms with Crippen molar-refractivity contribution in [2.45, 2.75) is 31.0 Å². The number of carbonyl (C=O) groups excluding carboxylic acids is 2. The number of para-hydroxylation sites is 3. The summed E-state index contributed by atoms with van der Waals surface area (Å²) < 4.78 is 14.3. The zero-order chi connectivity index (χ0) is 31.1. The minimum atomic E-state index is -0.426. The summed E-state index contributed by atoms with van der Waals surface area (Å²) in [4.78, 5) is 25.9. The topological polar surface area (TPSA) is 102 Å². The number of anilines is 1. The molecule has 2 aromatic heterocycles. The predicted molar refractivity (Wildman–Crippen MR) is 175 cm³/mol. The van der Waals surface area contributed by atoms with Crippen LogP contribution in [0.15, 0.2) is 79.1 Å². The number of methoxy groups -OCH3 is 2. The van der Waals surface area contributed by atoms with E-state index in [4.69, 9.17) is 9.47 Å². The highest BCUT2D eigenvalue weighted by Crippen LogP contribution is 2.52. The van der Waals surface area contributed by atoms with Gasteiger partial charge in [0.25, 0.3) is 0 Å². The molecule has 2 aliphatic heterocycles. The van der Waals surface area contributed by atoms with Crippen molar-refractivity contribution < 1.29 is 19.1 Å². The number of alkyl carbamates (subject to hydrolysis) is 2. The summed E-state index contributed by atoms with van der Waals surface area (Å²) in [5.74, 6) is 0. The van der Waals surface area contributed by atoms with Crippen LogP contribution in [0.5, 0.6) is 0 Å². The zero-order valence-corrected chi connectivity index (χ0v) is 25.8. The fourth-order valence-corrected chi connectivity index (χ4v) is 7.43. The number of amides is 2. The number of nitrogens with zero attached hydrogens (tertiary/aromatic N) is 3. The Bertz CT molecular complexity index is 1910. The Morgan fingerprint density at radius 1 is 0.844 bits per heavy atom. The lowest BCUT2D eigenvalue weighted by atomic mass is 9.87. The third-order valence-corrected chi connectivity index (χ3v) is 9.51. The van der Waals surface area contributed by atoms with Gasteiger partial charge in [-0.1, -0.05) is 48.5 Å². The van der Waals surface area contributed by atoms with E-state index in [1.165, 1.54) is 36.2 Å². The van der Waals surface area contributed by atoms with Crippen LogP contribution in [0.4, 0.5) is 15.3 Å². The van der Waals surface area contributed by atoms with Gasteiger partial charge in [-0.25, -0.2) is 9.59 Å². The number of likely N-dealkylation sites (tertiary alicyclic amines) is 1. The number of hydrogen-bond donors (Lipinski definition) is 3. The van der Waals surface area contributed by atoms with Crippen LogP contribution in [-0.4, -0.2) is 73.3 Å². The molecule has 3 aromatic carbocycles. The first-order chi connectivity index (χ1) is 22.0. The molecule has 0 radical (unpaired) electrons. The molecule has 0 bridgehead atoms. The SMILES string of the molecule is COC(=O)NCCc1cn(-c2cccc3c2N[C@H]2N(C)CC[C@@]32n2cc(CCNC(=O)OC)c3ccccc32)c2ccccc12. The van der Waals surface area contributed by atoms with E-state index in [9.17, 15) is 9.59 Å². The standard InChI is InChI=1S/C35H38N6O4/c1-39-20-17-35(41-22-24(16-19-37-34(43)45-3)26-10-5-7-13-29(26)41)27-11-8-14-30(31(27)38-32(35)39)40-21-23(15-18-36-33(42)44-2)25-9-4-6-12-28(25)40/h4-14,21-22,32,38H,15-20H2,1-3H3,(H,36,42)(H,37,43)/t32-,35+/m0/s1. The molecule has 45 heavy (non-hydrogen) atoms. The number of aromatic nitrogens is 2. The summed E-state index contributed by atoms with van der Waals surface area (Å²) in [5.41, 5.74) is 7.80. The van der Waals surface area contributed by atoms with E-state index in [1.807, 2.05) is 0 Å². The van der Waals surface area contributed by atoms with Crippen molar-refractivity contribution in [1.29, 1.82) is 0 Å². The van der Waals surface area contributed by atoms with Crippen molar-refractivity contribution in [2.24, 2.45) is 0 Å². The molecular weight excluding hydrogens is 568 g/mol. The van der Waals surface area contributed by atoms with E-state index in [1.54, 1.807) is 0 Å². The van der Waals surface area contributed by atoms with Crippen LogP contribution in [-0.2, 0) is 27.9 Å². The fraction of sp³-hybridized carbons (Fsp3) is 0.314. The first kappa shape index (κ1) is 28.8. The Kier molecular flexibility index (Phi) is 7.37. The van der Waals surface area contributed by atoms with E-state index < -0.39 is 12.2 Å². The maximum absolute atomic E-state index is 11.7. The highest BCUT2D eigenvalue weighted by Gasteiger charge is 2.55. The van der Waals surface area contributed by atoms with Gasteiger partial charge in [-0.2, -0.15) is 0 Å². The number of fused-ring (bicyclic) bond motifs is 5. The van der Waals surface area contributed by atoms with E-state index in [0.717, 1.165) is 40.8 Å². The van der Waals surface area contributed by atoms with E-state index >= 15 is 0 Å². The van der Waals surface area contributed by atoms with Crippen molar-refractivity contribution >= 4 is 39.7 Å². The smallest absolute Gasteiger partial charge is 0.406 e. The second kappa shape index (κ2) is 11.5. The van der Waals surface area contributed by atoms with Gasteiger partial charge in [0.05, 0.1) is 31.1 Å². The predicted octanol–water partition coefficient (Wildman–Crippen LogP) is 5.21. The molecule has 0 saturated carbocycles. The van der Waals surface area contributed by atoms with Gasteiger partial charge in [-0.3, -0.25) is 4.90 Å². The van der Waals surface area contributed by atoms with Gasteiger partial charge in [0.2, 0.25) is 0 Å². The molecule has 1 fully saturated rings. The van der Waals surface area contributed by atoms with Crippen molar-refractivity contribution in [3.63, 3.8) is 0 Å². The largest absolute Gasteiger partial charge is 0.453 e. The summed E-state index contributed by atoms with van der Waals surface area (Å²) in [6.45, 7) is 1.94. The number of nitrogens with one attached hydrogen (secondary N) is 3. The maximum atomic E-state index is 11.7. The lowest BCUT2D eigenvalue weighted by Gasteiger charge is -2.34. The molecule has 0 unspecified atom stereocenters. The quantitative estimate of drug-likeness (QED) is 0.224. The summed E-state index contributed by atoms with van der Waals surface area (Å²) in [6.07, 6.45) is 6.02. The Labute approximate surface area is 261 Å². The third-order valence-electron chi connectivity index (χ3n) is 9.51. The van der Waals surface area contributed by atoms with Gasteiger partial charge in [0.1, 0.15) is 11.7 Å². The van der Waals surface area contributed by atoms with E-state index in [-0.39, 0.29) is 11.7 Å². The number of hydrogen-bond acceptors (Lipinski definition) is 6. The first-order valence-electron chi connectivity index (χ1n) is 15.4. The van der Waals surface area contributed by atoms with Crippen molar-refractivity contribution in [3.8, 4) is 5.69 Å². The van der Waals surface area contributed by atoms with Crippen LogP contribution in [0.25, 0.3) is 27.5 Å². The molecule has 5 aromatic rings. The molecule has 2 atom stereocenters. The molecule has 2 amide bonds. The summed E-state index contributed by atoms with van der Waals surface area (Å²) in [7, 11) is 4.95. The lowest BCUT2D eigenvalue weighted by Crippen LogP contribution is -2.46. The van der Waals surface area contributed by atoms with Crippen molar-refractivity contribution in [3.05, 3.63) is 95.8 Å². The number of benzene rings is 3. The number of rotatable bonds is 8. The molecule has 0 spiro atoms. The van der Waals surface area contributed by atoms with Crippen LogP contribution in [0.3, 0.4) is 0 Å². The zero-order valence-electron chi connectivity index (χ0n) is 25.8. The van der Waals surface area contributed by atoms with Crippen molar-refractivity contribution in [1.82, 2.24) is 24.7 Å².